The van der Waals surface area contributed by atoms with Crippen LogP contribution < -0.4 is 0 Å². The molecule has 0 saturated carbocycles. The van der Waals surface area contributed by atoms with Crippen LogP contribution in [0.1, 0.15) is 49.5 Å². The van der Waals surface area contributed by atoms with Gasteiger partial charge in [-0.3, -0.25) is 4.55 Å². The van der Waals surface area contributed by atoms with Crippen molar-refractivity contribution in [3.63, 3.8) is 0 Å². The molecular weight excluding hydrogens is 524 g/mol. The van der Waals surface area contributed by atoms with E-state index in [2.05, 4.69) is 57.0 Å². The minimum atomic E-state index is -4.00. The van der Waals surface area contributed by atoms with Crippen molar-refractivity contribution in [3.8, 4) is 11.1 Å². The number of benzene rings is 2. The summed E-state index contributed by atoms with van der Waals surface area (Å²) < 4.78 is 45.4. The van der Waals surface area contributed by atoms with Gasteiger partial charge in [-0.05, 0) is 59.4 Å². The Morgan fingerprint density at radius 2 is 1.38 bits per heavy atom. The number of halogens is 2. The highest BCUT2D eigenvalue weighted by Crippen LogP contribution is 2.49. The molecule has 0 radical (unpaired) electrons. The summed E-state index contributed by atoms with van der Waals surface area (Å²) in [5, 5.41) is 0. The zero-order chi connectivity index (χ0) is 21.0. The second-order valence-corrected chi connectivity index (χ2v) is 10.4. The fourth-order valence-electron chi connectivity index (χ4n) is 3.52. The largest absolute Gasteiger partial charge is 0.370 e. The van der Waals surface area contributed by atoms with Gasteiger partial charge in [0.2, 0.25) is 0 Å². The van der Waals surface area contributed by atoms with Crippen molar-refractivity contribution >= 4 is 42.0 Å². The van der Waals surface area contributed by atoms with E-state index in [0.29, 0.717) is 6.61 Å². The monoisotopic (exact) mass is 546 g/mol. The molecule has 0 heterocycles. The second kappa shape index (κ2) is 10.0. The van der Waals surface area contributed by atoms with Crippen molar-refractivity contribution in [1.82, 2.24) is 0 Å². The van der Waals surface area contributed by atoms with Gasteiger partial charge in [-0.15, -0.1) is 0 Å². The van der Waals surface area contributed by atoms with Gasteiger partial charge in [0.25, 0.3) is 10.1 Å². The van der Waals surface area contributed by atoms with Gasteiger partial charge >= 0.3 is 0 Å². The summed E-state index contributed by atoms with van der Waals surface area (Å²) in [4.78, 5) is 0. The maximum absolute atomic E-state index is 11.0. The third kappa shape index (κ3) is 5.89. The van der Waals surface area contributed by atoms with Gasteiger partial charge in [0.1, 0.15) is 12.2 Å². The van der Waals surface area contributed by atoms with Crippen LogP contribution in [-0.2, 0) is 19.6 Å². The highest BCUT2D eigenvalue weighted by atomic mass is 79.9. The Labute approximate surface area is 188 Å². The average Bonchev–Trinajstić information content (AvgIpc) is 2.65. The first-order valence-electron chi connectivity index (χ1n) is 9.58. The van der Waals surface area contributed by atoms with Crippen molar-refractivity contribution in [1.29, 1.82) is 0 Å². The molecule has 158 valence electrons. The van der Waals surface area contributed by atoms with Gasteiger partial charge in [0.15, 0.2) is 0 Å². The lowest BCUT2D eigenvalue weighted by Crippen LogP contribution is -2.24. The third-order valence-electron chi connectivity index (χ3n) is 4.84. The Morgan fingerprint density at radius 1 is 0.897 bits per heavy atom. The molecule has 0 bridgehead atoms. The maximum atomic E-state index is 11.0. The predicted molar refractivity (Wildman–Crippen MR) is 121 cm³/mol. The summed E-state index contributed by atoms with van der Waals surface area (Å²) in [6, 6.07) is 12.2. The highest BCUT2D eigenvalue weighted by Gasteiger charge is 2.35. The molecule has 1 aliphatic carbocycles. The van der Waals surface area contributed by atoms with Gasteiger partial charge in [-0.25, -0.2) is 0 Å². The molecule has 2 aromatic rings. The summed E-state index contributed by atoms with van der Waals surface area (Å²) in [5.41, 5.74) is 4.23. The predicted octanol–water partition coefficient (Wildman–Crippen LogP) is 6.09. The molecule has 2 atom stereocenters. The lowest BCUT2D eigenvalue weighted by molar-refractivity contribution is -0.0797. The maximum Gasteiger partial charge on any atom is 0.264 e. The Bertz CT molecular complexity index is 962. The van der Waals surface area contributed by atoms with Crippen LogP contribution in [0.15, 0.2) is 45.3 Å². The summed E-state index contributed by atoms with van der Waals surface area (Å²) in [7, 11) is -4.00. The number of hydrogen-bond donors (Lipinski definition) is 1. The fraction of sp³-hybridized carbons (Fsp3) is 0.429. The van der Waals surface area contributed by atoms with E-state index in [1.54, 1.807) is 0 Å². The molecule has 1 aliphatic rings. The van der Waals surface area contributed by atoms with E-state index in [1.165, 1.54) is 0 Å². The van der Waals surface area contributed by atoms with Crippen LogP contribution in [0.4, 0.5) is 0 Å². The molecule has 0 spiro atoms. The lowest BCUT2D eigenvalue weighted by Gasteiger charge is -2.35. The molecule has 1 N–H and O–H groups in total. The number of unbranched alkanes of at least 4 members (excludes halogenated alkanes) is 1. The molecule has 3 rings (SSSR count). The van der Waals surface area contributed by atoms with E-state index < -0.39 is 10.1 Å². The van der Waals surface area contributed by atoms with E-state index in [0.717, 1.165) is 44.0 Å². The van der Waals surface area contributed by atoms with Gasteiger partial charge < -0.3 is 9.47 Å². The topological polar surface area (TPSA) is 72.8 Å². The molecule has 0 fully saturated rings. The molecule has 2 aromatic carbocycles. The van der Waals surface area contributed by atoms with Crippen LogP contribution in [-0.4, -0.2) is 31.9 Å². The molecule has 29 heavy (non-hydrogen) atoms. The number of ether oxygens (including phenoxy) is 2. The average molecular weight is 548 g/mol. The van der Waals surface area contributed by atoms with Crippen molar-refractivity contribution in [2.24, 2.45) is 0 Å². The molecular formula is C21H24Br2O5S. The van der Waals surface area contributed by atoms with Crippen molar-refractivity contribution in [2.75, 3.05) is 19.0 Å². The molecule has 8 heteroatoms. The Kier molecular flexibility index (Phi) is 7.92. The third-order valence-corrected chi connectivity index (χ3v) is 6.64. The Morgan fingerprint density at radius 3 is 1.83 bits per heavy atom. The van der Waals surface area contributed by atoms with Crippen molar-refractivity contribution in [2.45, 2.75) is 38.4 Å². The normalized spacial score (nSPS) is 18.3. The quantitative estimate of drug-likeness (QED) is 0.304. The molecule has 2 unspecified atom stereocenters. The van der Waals surface area contributed by atoms with Crippen LogP contribution in [0.5, 0.6) is 0 Å². The zero-order valence-electron chi connectivity index (χ0n) is 16.1. The molecule has 0 amide bonds. The second-order valence-electron chi connectivity index (χ2n) is 7.04. The van der Waals surface area contributed by atoms with Crippen LogP contribution in [0.2, 0.25) is 0 Å². The standard InChI is InChI=1S/C21H24Br2O5S/c1-2-3-9-27-20-18-12-14(22)5-7-16(18)17-8-6-15(23)13-19(17)21(20)28-10-4-11-29(24,25)26/h5-8,12-13,20-21H,2-4,9-11H2,1H3,(H,24,25,26). The fourth-order valence-corrected chi connectivity index (χ4v) is 4.76. The van der Waals surface area contributed by atoms with E-state index >= 15 is 0 Å². The molecule has 0 aliphatic heterocycles. The number of hydrogen-bond acceptors (Lipinski definition) is 4. The van der Waals surface area contributed by atoms with E-state index in [-0.39, 0.29) is 31.0 Å². The van der Waals surface area contributed by atoms with Gasteiger partial charge in [0.05, 0.1) is 5.75 Å². The summed E-state index contributed by atoms with van der Waals surface area (Å²) in [6.45, 7) is 2.93. The smallest absolute Gasteiger partial charge is 0.264 e. The van der Waals surface area contributed by atoms with Crippen molar-refractivity contribution < 1.29 is 22.4 Å². The first-order valence-corrected chi connectivity index (χ1v) is 12.8. The number of rotatable bonds is 9. The van der Waals surface area contributed by atoms with Gasteiger partial charge in [-0.1, -0.05) is 57.3 Å². The zero-order valence-corrected chi connectivity index (χ0v) is 20.1. The van der Waals surface area contributed by atoms with Gasteiger partial charge in [-0.2, -0.15) is 8.42 Å². The van der Waals surface area contributed by atoms with E-state index in [9.17, 15) is 8.42 Å². The summed E-state index contributed by atoms with van der Waals surface area (Å²) in [6.07, 6.45) is 1.51. The summed E-state index contributed by atoms with van der Waals surface area (Å²) >= 11 is 7.10. The SMILES string of the molecule is CCCCOC1c2cc(Br)ccc2-c2ccc(Br)cc2C1OCCCS(=O)(=O)O. The first-order chi connectivity index (χ1) is 13.8. The molecule has 0 aromatic heterocycles. The molecule has 0 saturated heterocycles. The summed E-state index contributed by atoms with van der Waals surface area (Å²) in [5.74, 6) is -0.325. The highest BCUT2D eigenvalue weighted by molar-refractivity contribution is 9.10. The Hall–Kier alpha value is -0.770. The van der Waals surface area contributed by atoms with E-state index in [4.69, 9.17) is 14.0 Å². The lowest BCUT2D eigenvalue weighted by atomic mass is 9.82. The van der Waals surface area contributed by atoms with Crippen LogP contribution in [0.3, 0.4) is 0 Å². The van der Waals surface area contributed by atoms with Gasteiger partial charge in [0, 0.05) is 22.2 Å². The number of fused-ring (bicyclic) bond motifs is 3. The van der Waals surface area contributed by atoms with E-state index in [1.807, 2.05) is 18.2 Å². The minimum Gasteiger partial charge on any atom is -0.370 e. The van der Waals surface area contributed by atoms with Crippen LogP contribution in [0, 0.1) is 0 Å². The first kappa shape index (κ1) is 22.9. The molecule has 5 nitrogen and oxygen atoms in total. The van der Waals surface area contributed by atoms with Crippen LogP contribution in [0.25, 0.3) is 11.1 Å². The van der Waals surface area contributed by atoms with Crippen LogP contribution >= 0.6 is 31.9 Å². The Balaban J connectivity index is 1.96. The van der Waals surface area contributed by atoms with Crippen molar-refractivity contribution in [3.05, 3.63) is 56.5 Å². The minimum absolute atomic E-state index is 0.202.